The summed E-state index contributed by atoms with van der Waals surface area (Å²) in [5.74, 6) is 0. The molecule has 1 saturated carbocycles. The molecule has 3 aliphatic rings. The van der Waals surface area contributed by atoms with Gasteiger partial charge in [0.05, 0.1) is 18.8 Å². The SMILES string of the molecule is c1ccc(CN2CCCOC(CN3CCO[C@H]4CCC[C@H]43)C2)cc1. The monoisotopic (exact) mass is 330 g/mol. The fourth-order valence-corrected chi connectivity index (χ4v) is 4.56. The molecule has 4 rings (SSSR count). The Bertz CT molecular complexity index is 510. The van der Waals surface area contributed by atoms with Crippen molar-refractivity contribution in [2.45, 2.75) is 50.5 Å². The van der Waals surface area contributed by atoms with Crippen LogP contribution in [0.15, 0.2) is 30.3 Å². The Morgan fingerprint density at radius 3 is 2.79 bits per heavy atom. The van der Waals surface area contributed by atoms with Crippen LogP contribution < -0.4 is 0 Å². The van der Waals surface area contributed by atoms with Gasteiger partial charge in [-0.05, 0) is 31.2 Å². The van der Waals surface area contributed by atoms with Crippen LogP contribution in [0.3, 0.4) is 0 Å². The maximum atomic E-state index is 6.20. The Kier molecular flexibility index (Phi) is 5.48. The van der Waals surface area contributed by atoms with Gasteiger partial charge in [-0.1, -0.05) is 30.3 Å². The molecule has 4 nitrogen and oxygen atoms in total. The molecule has 2 aliphatic heterocycles. The van der Waals surface area contributed by atoms with E-state index in [0.29, 0.717) is 18.2 Å². The zero-order valence-corrected chi connectivity index (χ0v) is 14.6. The maximum absolute atomic E-state index is 6.20. The Labute approximate surface area is 145 Å². The van der Waals surface area contributed by atoms with Gasteiger partial charge in [0, 0.05) is 45.4 Å². The van der Waals surface area contributed by atoms with Crippen LogP contribution in [0.25, 0.3) is 0 Å². The minimum atomic E-state index is 0.329. The second kappa shape index (κ2) is 7.96. The summed E-state index contributed by atoms with van der Waals surface area (Å²) in [6, 6.07) is 11.4. The molecule has 24 heavy (non-hydrogen) atoms. The van der Waals surface area contributed by atoms with Crippen molar-refractivity contribution in [1.29, 1.82) is 0 Å². The highest BCUT2D eigenvalue weighted by atomic mass is 16.5. The lowest BCUT2D eigenvalue weighted by Crippen LogP contribution is -2.52. The zero-order chi connectivity index (χ0) is 16.2. The van der Waals surface area contributed by atoms with Crippen molar-refractivity contribution in [2.75, 3.05) is 39.4 Å². The van der Waals surface area contributed by atoms with E-state index in [2.05, 4.69) is 40.1 Å². The van der Waals surface area contributed by atoms with E-state index >= 15 is 0 Å². The van der Waals surface area contributed by atoms with Crippen molar-refractivity contribution in [3.8, 4) is 0 Å². The topological polar surface area (TPSA) is 24.9 Å². The zero-order valence-electron chi connectivity index (χ0n) is 14.6. The molecule has 0 N–H and O–H groups in total. The van der Waals surface area contributed by atoms with Gasteiger partial charge in [-0.2, -0.15) is 0 Å². The van der Waals surface area contributed by atoms with Gasteiger partial charge in [0.15, 0.2) is 0 Å². The third-order valence-electron chi connectivity index (χ3n) is 5.72. The van der Waals surface area contributed by atoms with Crippen molar-refractivity contribution in [3.05, 3.63) is 35.9 Å². The Hall–Kier alpha value is -0.940. The molecule has 132 valence electrons. The molecule has 1 aromatic carbocycles. The molecule has 0 spiro atoms. The van der Waals surface area contributed by atoms with E-state index in [0.717, 1.165) is 52.4 Å². The van der Waals surface area contributed by atoms with E-state index in [-0.39, 0.29) is 0 Å². The molecule has 1 aromatic rings. The lowest BCUT2D eigenvalue weighted by Gasteiger charge is -2.39. The minimum Gasteiger partial charge on any atom is -0.376 e. The van der Waals surface area contributed by atoms with Gasteiger partial charge in [-0.3, -0.25) is 9.80 Å². The van der Waals surface area contributed by atoms with Crippen LogP contribution in [0.5, 0.6) is 0 Å². The summed E-state index contributed by atoms with van der Waals surface area (Å²) >= 11 is 0. The Morgan fingerprint density at radius 2 is 1.88 bits per heavy atom. The van der Waals surface area contributed by atoms with E-state index in [1.165, 1.54) is 24.8 Å². The third kappa shape index (κ3) is 3.99. The number of rotatable bonds is 4. The Morgan fingerprint density at radius 1 is 0.958 bits per heavy atom. The van der Waals surface area contributed by atoms with Crippen LogP contribution in [-0.2, 0) is 16.0 Å². The van der Waals surface area contributed by atoms with Gasteiger partial charge in [0.2, 0.25) is 0 Å². The largest absolute Gasteiger partial charge is 0.376 e. The first-order chi connectivity index (χ1) is 11.9. The molecule has 2 saturated heterocycles. The smallest absolute Gasteiger partial charge is 0.0828 e. The first-order valence-electron chi connectivity index (χ1n) is 9.62. The molecule has 0 aromatic heterocycles. The summed E-state index contributed by atoms with van der Waals surface area (Å²) in [7, 11) is 0. The van der Waals surface area contributed by atoms with Crippen LogP contribution in [-0.4, -0.2) is 67.4 Å². The summed E-state index contributed by atoms with van der Waals surface area (Å²) in [6.45, 7) is 7.14. The molecule has 4 heteroatoms. The average molecular weight is 330 g/mol. The highest BCUT2D eigenvalue weighted by molar-refractivity contribution is 5.14. The minimum absolute atomic E-state index is 0.329. The summed E-state index contributed by atoms with van der Waals surface area (Å²) in [5, 5.41) is 0. The molecule has 2 heterocycles. The predicted molar refractivity (Wildman–Crippen MR) is 95.0 cm³/mol. The number of morpholine rings is 1. The van der Waals surface area contributed by atoms with E-state index in [1.54, 1.807) is 0 Å². The van der Waals surface area contributed by atoms with Crippen LogP contribution >= 0.6 is 0 Å². The van der Waals surface area contributed by atoms with Gasteiger partial charge in [-0.25, -0.2) is 0 Å². The van der Waals surface area contributed by atoms with Crippen molar-refractivity contribution in [3.63, 3.8) is 0 Å². The predicted octanol–water partition coefficient (Wildman–Crippen LogP) is 2.53. The second-order valence-electron chi connectivity index (χ2n) is 7.47. The fourth-order valence-electron chi connectivity index (χ4n) is 4.56. The molecular weight excluding hydrogens is 300 g/mol. The number of hydrogen-bond acceptors (Lipinski definition) is 4. The average Bonchev–Trinajstić information content (AvgIpc) is 2.99. The van der Waals surface area contributed by atoms with Gasteiger partial charge in [0.25, 0.3) is 0 Å². The van der Waals surface area contributed by atoms with Crippen molar-refractivity contribution in [2.24, 2.45) is 0 Å². The maximum Gasteiger partial charge on any atom is 0.0828 e. The van der Waals surface area contributed by atoms with Crippen molar-refractivity contribution >= 4 is 0 Å². The fraction of sp³-hybridized carbons (Fsp3) is 0.700. The number of fused-ring (bicyclic) bond motifs is 1. The summed E-state index contributed by atoms with van der Waals surface area (Å²) in [5.41, 5.74) is 1.40. The number of nitrogens with zero attached hydrogens (tertiary/aromatic N) is 2. The molecular formula is C20H30N2O2. The standard InChI is InChI=1S/C20H30N2O2/c1-2-6-17(7-3-1)14-21-10-5-12-23-18(15-21)16-22-11-13-24-20-9-4-8-19(20)22/h1-3,6-7,18-20H,4-5,8-16H2/t18?,19-,20+/m1/s1. The molecule has 1 unspecified atom stereocenters. The lowest BCUT2D eigenvalue weighted by molar-refractivity contribution is -0.0756. The summed E-state index contributed by atoms with van der Waals surface area (Å²) in [6.07, 6.45) is 5.80. The molecule has 0 amide bonds. The lowest BCUT2D eigenvalue weighted by atomic mass is 10.1. The van der Waals surface area contributed by atoms with E-state index in [4.69, 9.17) is 9.47 Å². The number of ether oxygens (including phenoxy) is 2. The molecule has 0 radical (unpaired) electrons. The Balaban J connectivity index is 1.35. The van der Waals surface area contributed by atoms with Crippen LogP contribution in [0.2, 0.25) is 0 Å². The highest BCUT2D eigenvalue weighted by Crippen LogP contribution is 2.30. The van der Waals surface area contributed by atoms with Gasteiger partial charge in [0.1, 0.15) is 0 Å². The molecule has 1 aliphatic carbocycles. The van der Waals surface area contributed by atoms with E-state index in [1.807, 2.05) is 0 Å². The number of hydrogen-bond donors (Lipinski definition) is 0. The van der Waals surface area contributed by atoms with Crippen molar-refractivity contribution < 1.29 is 9.47 Å². The quantitative estimate of drug-likeness (QED) is 0.847. The van der Waals surface area contributed by atoms with Crippen molar-refractivity contribution in [1.82, 2.24) is 9.80 Å². The third-order valence-corrected chi connectivity index (χ3v) is 5.72. The summed E-state index contributed by atoms with van der Waals surface area (Å²) in [4.78, 5) is 5.22. The molecule has 3 fully saturated rings. The van der Waals surface area contributed by atoms with Gasteiger partial charge < -0.3 is 9.47 Å². The second-order valence-corrected chi connectivity index (χ2v) is 7.47. The highest BCUT2D eigenvalue weighted by Gasteiger charge is 2.37. The van der Waals surface area contributed by atoms with Crippen LogP contribution in [0, 0.1) is 0 Å². The van der Waals surface area contributed by atoms with Gasteiger partial charge >= 0.3 is 0 Å². The van der Waals surface area contributed by atoms with Crippen LogP contribution in [0.1, 0.15) is 31.2 Å². The van der Waals surface area contributed by atoms with E-state index in [9.17, 15) is 0 Å². The van der Waals surface area contributed by atoms with E-state index < -0.39 is 0 Å². The first-order valence-corrected chi connectivity index (χ1v) is 9.62. The van der Waals surface area contributed by atoms with Crippen LogP contribution in [0.4, 0.5) is 0 Å². The first kappa shape index (κ1) is 16.5. The normalized spacial score (nSPS) is 32.4. The number of benzene rings is 1. The summed E-state index contributed by atoms with van der Waals surface area (Å²) < 4.78 is 12.2. The molecule has 0 bridgehead atoms. The van der Waals surface area contributed by atoms with Gasteiger partial charge in [-0.15, -0.1) is 0 Å². The molecule has 3 atom stereocenters.